The summed E-state index contributed by atoms with van der Waals surface area (Å²) in [6.45, 7) is 4.62. The van der Waals surface area contributed by atoms with E-state index in [2.05, 4.69) is 0 Å². The Bertz CT molecular complexity index is 579. The lowest BCUT2D eigenvalue weighted by molar-refractivity contribution is 0.0265. The highest BCUT2D eigenvalue weighted by atomic mass is 31.2. The Morgan fingerprint density at radius 3 is 2.16 bits per heavy atom. The van der Waals surface area contributed by atoms with Crippen LogP contribution in [0.25, 0.3) is 0 Å². The van der Waals surface area contributed by atoms with E-state index in [4.69, 9.17) is 13.8 Å². The van der Waals surface area contributed by atoms with Crippen molar-refractivity contribution in [3.63, 3.8) is 0 Å². The molecule has 25 heavy (non-hydrogen) atoms. The molecule has 1 aromatic carbocycles. The molecule has 0 aliphatic heterocycles. The molecule has 0 aliphatic carbocycles. The molecule has 0 heterocycles. The van der Waals surface area contributed by atoms with Crippen molar-refractivity contribution in [2.75, 3.05) is 19.8 Å². The fourth-order valence-corrected chi connectivity index (χ4v) is 3.64. The van der Waals surface area contributed by atoms with Crippen molar-refractivity contribution in [3.8, 4) is 0 Å². The number of unbranched alkanes of at least 4 members (excludes halogenated alkanes) is 1. The molecule has 0 aromatic heterocycles. The molecule has 0 saturated carbocycles. The first kappa shape index (κ1) is 21.7. The van der Waals surface area contributed by atoms with Gasteiger partial charge in [-0.15, -0.1) is 0 Å². The summed E-state index contributed by atoms with van der Waals surface area (Å²) in [4.78, 5) is 11.8. The molecule has 142 valence electrons. The minimum absolute atomic E-state index is 0.0103. The second-order valence-corrected chi connectivity index (χ2v) is 7.62. The lowest BCUT2D eigenvalue weighted by atomic mass is 10.1. The van der Waals surface area contributed by atoms with Crippen LogP contribution < -0.4 is 0 Å². The van der Waals surface area contributed by atoms with Gasteiger partial charge >= 0.3 is 19.2 Å². The van der Waals surface area contributed by atoms with E-state index in [1.807, 2.05) is 6.92 Å². The third kappa shape index (κ3) is 6.49. The molecule has 0 N–H and O–H groups in total. The monoisotopic (exact) mass is 378 g/mol. The molecule has 1 rings (SSSR count). The van der Waals surface area contributed by atoms with Crippen LogP contribution in [0.1, 0.15) is 49.0 Å². The van der Waals surface area contributed by atoms with Crippen LogP contribution in [-0.2, 0) is 18.3 Å². The van der Waals surface area contributed by atoms with Gasteiger partial charge in [-0.2, -0.15) is 8.78 Å². The first-order valence-electron chi connectivity index (χ1n) is 8.26. The topological polar surface area (TPSA) is 61.8 Å². The third-order valence-corrected chi connectivity index (χ3v) is 5.61. The lowest BCUT2D eigenvalue weighted by Gasteiger charge is -2.25. The van der Waals surface area contributed by atoms with Crippen molar-refractivity contribution in [3.05, 3.63) is 35.4 Å². The summed E-state index contributed by atoms with van der Waals surface area (Å²) < 4.78 is 54.8. The average Bonchev–Trinajstić information content (AvgIpc) is 2.55. The van der Waals surface area contributed by atoms with Crippen LogP contribution in [0.3, 0.4) is 0 Å². The first-order chi connectivity index (χ1) is 11.8. The van der Waals surface area contributed by atoms with Crippen molar-refractivity contribution in [1.82, 2.24) is 0 Å². The van der Waals surface area contributed by atoms with Gasteiger partial charge in [-0.1, -0.05) is 17.7 Å². The lowest BCUT2D eigenvalue weighted by Crippen LogP contribution is -2.20. The molecule has 0 fully saturated rings. The Balaban J connectivity index is 2.42. The average molecular weight is 378 g/mol. The zero-order chi connectivity index (χ0) is 18.9. The fourth-order valence-electron chi connectivity index (χ4n) is 2.08. The fraction of sp³-hybridized carbons (Fsp3) is 0.588. The van der Waals surface area contributed by atoms with Gasteiger partial charge in [-0.25, -0.2) is 4.79 Å². The van der Waals surface area contributed by atoms with Crippen LogP contribution in [0.4, 0.5) is 8.78 Å². The Hall–Kier alpha value is -1.30. The summed E-state index contributed by atoms with van der Waals surface area (Å²) >= 11 is 0. The number of halogens is 2. The van der Waals surface area contributed by atoms with Crippen molar-refractivity contribution >= 4 is 13.6 Å². The predicted octanol–water partition coefficient (Wildman–Crippen LogP) is 5.18. The number of hydrogen-bond donors (Lipinski definition) is 0. The second kappa shape index (κ2) is 10.00. The van der Waals surface area contributed by atoms with E-state index in [-0.39, 0.29) is 32.7 Å². The molecule has 0 amide bonds. The molecule has 0 aliphatic rings. The molecule has 0 spiro atoms. The Morgan fingerprint density at radius 2 is 1.64 bits per heavy atom. The van der Waals surface area contributed by atoms with Gasteiger partial charge in [0, 0.05) is 6.42 Å². The Labute approximate surface area is 147 Å². The van der Waals surface area contributed by atoms with E-state index >= 15 is 0 Å². The van der Waals surface area contributed by atoms with E-state index in [1.54, 1.807) is 24.3 Å². The molecule has 0 atom stereocenters. The highest BCUT2D eigenvalue weighted by Gasteiger charge is 2.52. The largest absolute Gasteiger partial charge is 0.462 e. The van der Waals surface area contributed by atoms with Gasteiger partial charge in [-0.3, -0.25) is 4.57 Å². The van der Waals surface area contributed by atoms with E-state index in [0.717, 1.165) is 5.56 Å². The number of rotatable bonds is 11. The molecule has 8 heteroatoms. The molecule has 0 saturated heterocycles. The highest BCUT2D eigenvalue weighted by molar-refractivity contribution is 7.55. The third-order valence-electron chi connectivity index (χ3n) is 3.39. The molecule has 0 unspecified atom stereocenters. The van der Waals surface area contributed by atoms with Crippen LogP contribution >= 0.6 is 7.60 Å². The molecular weight excluding hydrogens is 353 g/mol. The molecule has 1 aromatic rings. The van der Waals surface area contributed by atoms with Crippen molar-refractivity contribution < 1.29 is 31.9 Å². The van der Waals surface area contributed by atoms with E-state index in [1.165, 1.54) is 13.8 Å². The summed E-state index contributed by atoms with van der Waals surface area (Å²) in [6, 6.07) is 6.87. The standard InChI is InChI=1S/C17H25F2O5P/c1-4-23-25(21,24-5-2)17(18,19)12-6-7-13-22-16(20)15-10-8-14(3)9-11-15/h8-11H,4-7,12-13H2,1-3H3. The van der Waals surface area contributed by atoms with Crippen LogP contribution in [0.2, 0.25) is 0 Å². The molecule has 0 bridgehead atoms. The van der Waals surface area contributed by atoms with Crippen LogP contribution in [0.5, 0.6) is 0 Å². The predicted molar refractivity (Wildman–Crippen MR) is 91.1 cm³/mol. The number of esters is 1. The first-order valence-corrected chi connectivity index (χ1v) is 9.81. The number of aryl methyl sites for hydroxylation is 1. The number of hydrogen-bond acceptors (Lipinski definition) is 5. The maximum absolute atomic E-state index is 14.1. The summed E-state index contributed by atoms with van der Waals surface area (Å²) in [7, 11) is -4.48. The maximum Gasteiger partial charge on any atom is 0.399 e. The van der Waals surface area contributed by atoms with Gasteiger partial charge in [-0.05, 0) is 45.7 Å². The van der Waals surface area contributed by atoms with Crippen molar-refractivity contribution in [2.24, 2.45) is 0 Å². The molecular formula is C17H25F2O5P. The van der Waals surface area contributed by atoms with Gasteiger partial charge in [0.05, 0.1) is 25.4 Å². The number of alkyl halides is 2. The maximum atomic E-state index is 14.1. The number of benzene rings is 1. The summed E-state index contributed by atoms with van der Waals surface area (Å²) in [6.07, 6.45) is -0.407. The number of carbonyl (C=O) groups excluding carboxylic acids is 1. The summed E-state index contributed by atoms with van der Waals surface area (Å²) in [5.41, 5.74) is -2.14. The Morgan fingerprint density at radius 1 is 1.08 bits per heavy atom. The van der Waals surface area contributed by atoms with Gasteiger partial charge in [0.2, 0.25) is 0 Å². The van der Waals surface area contributed by atoms with Crippen LogP contribution in [-0.4, -0.2) is 31.5 Å². The van der Waals surface area contributed by atoms with Gasteiger partial charge in [0.1, 0.15) is 0 Å². The van der Waals surface area contributed by atoms with Crippen molar-refractivity contribution in [2.45, 2.75) is 45.7 Å². The summed E-state index contributed by atoms with van der Waals surface area (Å²) in [5, 5.41) is 0. The van der Waals surface area contributed by atoms with Gasteiger partial charge < -0.3 is 13.8 Å². The van der Waals surface area contributed by atoms with E-state index in [9.17, 15) is 18.1 Å². The van der Waals surface area contributed by atoms with E-state index in [0.29, 0.717) is 5.56 Å². The number of ether oxygens (including phenoxy) is 1. The Kier molecular flexibility index (Phi) is 8.69. The summed E-state index contributed by atoms with van der Waals surface area (Å²) in [5.74, 6) is -0.499. The highest BCUT2D eigenvalue weighted by Crippen LogP contribution is 2.63. The minimum atomic E-state index is -4.48. The number of carbonyl (C=O) groups is 1. The zero-order valence-electron chi connectivity index (χ0n) is 14.8. The van der Waals surface area contributed by atoms with Crippen LogP contribution in [0, 0.1) is 6.92 Å². The van der Waals surface area contributed by atoms with Crippen LogP contribution in [0.15, 0.2) is 24.3 Å². The SMILES string of the molecule is CCOP(=O)(OCC)C(F)(F)CCCCOC(=O)c1ccc(C)cc1. The molecule has 5 nitrogen and oxygen atoms in total. The smallest absolute Gasteiger partial charge is 0.399 e. The zero-order valence-corrected chi connectivity index (χ0v) is 15.7. The normalized spacial score (nSPS) is 12.2. The van der Waals surface area contributed by atoms with Crippen molar-refractivity contribution in [1.29, 1.82) is 0 Å². The van der Waals surface area contributed by atoms with Gasteiger partial charge in [0.25, 0.3) is 0 Å². The van der Waals surface area contributed by atoms with Gasteiger partial charge in [0.15, 0.2) is 0 Å². The molecule has 0 radical (unpaired) electrons. The minimum Gasteiger partial charge on any atom is -0.462 e. The van der Waals surface area contributed by atoms with E-state index < -0.39 is 25.6 Å². The quantitative estimate of drug-likeness (QED) is 0.302. The second-order valence-electron chi connectivity index (χ2n) is 5.46.